The van der Waals surface area contributed by atoms with Gasteiger partial charge < -0.3 is 11.1 Å². The van der Waals surface area contributed by atoms with E-state index in [1.807, 2.05) is 13.0 Å². The van der Waals surface area contributed by atoms with Crippen LogP contribution in [-0.4, -0.2) is 11.4 Å². The van der Waals surface area contributed by atoms with Crippen LogP contribution in [0.2, 0.25) is 0 Å². The van der Waals surface area contributed by atoms with Gasteiger partial charge in [0.05, 0.1) is 0 Å². The molecule has 0 bridgehead atoms. The molecule has 1 aromatic carbocycles. The van der Waals surface area contributed by atoms with Gasteiger partial charge in [0.15, 0.2) is 0 Å². The van der Waals surface area contributed by atoms with E-state index in [4.69, 9.17) is 5.73 Å². The summed E-state index contributed by atoms with van der Waals surface area (Å²) in [6.45, 7) is 8.13. The number of anilines is 1. The largest absolute Gasteiger partial charge is 0.399 e. The minimum atomic E-state index is -0.133. The number of nitrogen functional groups attached to an aromatic ring is 1. The lowest BCUT2D eigenvalue weighted by molar-refractivity contribution is 0.0901. The Morgan fingerprint density at radius 3 is 2.41 bits per heavy atom. The zero-order chi connectivity index (χ0) is 13.1. The van der Waals surface area contributed by atoms with Crippen LogP contribution < -0.4 is 11.1 Å². The van der Waals surface area contributed by atoms with E-state index >= 15 is 0 Å². The van der Waals surface area contributed by atoms with Gasteiger partial charge >= 0.3 is 0 Å². The Morgan fingerprint density at radius 2 is 1.94 bits per heavy atom. The highest BCUT2D eigenvalue weighted by Gasteiger charge is 2.22. The van der Waals surface area contributed by atoms with Gasteiger partial charge in [-0.15, -0.1) is 0 Å². The summed E-state index contributed by atoms with van der Waals surface area (Å²) in [6.07, 6.45) is 1.84. The lowest BCUT2D eigenvalue weighted by Gasteiger charge is -2.28. The molecule has 1 rings (SSSR count). The maximum atomic E-state index is 12.1. The highest BCUT2D eigenvalue weighted by Crippen LogP contribution is 2.17. The zero-order valence-corrected chi connectivity index (χ0v) is 11.1. The lowest BCUT2D eigenvalue weighted by atomic mass is 9.95. The molecule has 1 aromatic rings. The first-order valence-corrected chi connectivity index (χ1v) is 6.10. The number of carbonyl (C=O) groups excluding carboxylic acids is 1. The molecule has 0 aromatic heterocycles. The molecule has 0 unspecified atom stereocenters. The average Bonchev–Trinajstić information content (AvgIpc) is 2.32. The third kappa shape index (κ3) is 3.22. The van der Waals surface area contributed by atoms with Gasteiger partial charge in [0.1, 0.15) is 0 Å². The third-order valence-electron chi connectivity index (χ3n) is 3.51. The molecule has 0 aliphatic carbocycles. The molecular weight excluding hydrogens is 212 g/mol. The van der Waals surface area contributed by atoms with Crippen LogP contribution in [0, 0.1) is 6.92 Å². The molecule has 0 fully saturated rings. The van der Waals surface area contributed by atoms with Crippen molar-refractivity contribution in [1.29, 1.82) is 0 Å². The van der Waals surface area contributed by atoms with Crippen molar-refractivity contribution in [2.75, 3.05) is 5.73 Å². The number of benzene rings is 1. The monoisotopic (exact) mass is 234 g/mol. The number of rotatable bonds is 4. The lowest BCUT2D eigenvalue weighted by Crippen LogP contribution is -2.44. The Labute approximate surface area is 103 Å². The Balaban J connectivity index is 2.86. The van der Waals surface area contributed by atoms with Crippen LogP contribution in [0.4, 0.5) is 5.69 Å². The topological polar surface area (TPSA) is 55.1 Å². The minimum Gasteiger partial charge on any atom is -0.399 e. The van der Waals surface area contributed by atoms with Gasteiger partial charge in [-0.1, -0.05) is 13.8 Å². The summed E-state index contributed by atoms with van der Waals surface area (Å²) in [5.41, 5.74) is 7.93. The SMILES string of the molecule is CCC(C)(CC)NC(=O)c1ccc(N)c(C)c1. The van der Waals surface area contributed by atoms with Crippen molar-refractivity contribution in [1.82, 2.24) is 5.32 Å². The number of nitrogens with one attached hydrogen (secondary N) is 1. The fraction of sp³-hybridized carbons (Fsp3) is 0.500. The molecule has 3 N–H and O–H groups in total. The van der Waals surface area contributed by atoms with Gasteiger partial charge in [0.25, 0.3) is 5.91 Å². The normalized spacial score (nSPS) is 11.3. The summed E-state index contributed by atoms with van der Waals surface area (Å²) < 4.78 is 0. The second kappa shape index (κ2) is 5.21. The predicted octanol–water partition coefficient (Wildman–Crippen LogP) is 2.89. The molecule has 17 heavy (non-hydrogen) atoms. The molecular formula is C14H22N2O. The van der Waals surface area contributed by atoms with Crippen molar-refractivity contribution in [2.45, 2.75) is 46.1 Å². The van der Waals surface area contributed by atoms with Crippen LogP contribution >= 0.6 is 0 Å². The first-order chi connectivity index (χ1) is 7.91. The fourth-order valence-electron chi connectivity index (χ4n) is 1.59. The van der Waals surface area contributed by atoms with Crippen LogP contribution in [0.3, 0.4) is 0 Å². The van der Waals surface area contributed by atoms with Crippen molar-refractivity contribution in [3.05, 3.63) is 29.3 Å². The quantitative estimate of drug-likeness (QED) is 0.787. The van der Waals surface area contributed by atoms with E-state index in [1.165, 1.54) is 0 Å². The van der Waals surface area contributed by atoms with E-state index in [-0.39, 0.29) is 11.4 Å². The van der Waals surface area contributed by atoms with Gasteiger partial charge in [0, 0.05) is 16.8 Å². The van der Waals surface area contributed by atoms with Crippen molar-refractivity contribution >= 4 is 11.6 Å². The summed E-state index contributed by atoms with van der Waals surface area (Å²) >= 11 is 0. The number of hydrogen-bond donors (Lipinski definition) is 2. The first kappa shape index (κ1) is 13.6. The van der Waals surface area contributed by atoms with Crippen LogP contribution in [0.1, 0.15) is 49.5 Å². The van der Waals surface area contributed by atoms with Crippen LogP contribution in [0.25, 0.3) is 0 Å². The Bertz CT molecular complexity index is 409. The van der Waals surface area contributed by atoms with Crippen molar-refractivity contribution in [2.24, 2.45) is 0 Å². The van der Waals surface area contributed by atoms with E-state index in [0.29, 0.717) is 5.56 Å². The highest BCUT2D eigenvalue weighted by molar-refractivity contribution is 5.95. The van der Waals surface area contributed by atoms with Gasteiger partial charge in [-0.3, -0.25) is 4.79 Å². The van der Waals surface area contributed by atoms with Gasteiger partial charge in [-0.05, 0) is 50.5 Å². The highest BCUT2D eigenvalue weighted by atomic mass is 16.1. The van der Waals surface area contributed by atoms with Crippen molar-refractivity contribution in [3.8, 4) is 0 Å². The molecule has 0 heterocycles. The molecule has 0 aliphatic rings. The molecule has 0 saturated heterocycles. The molecule has 3 heteroatoms. The number of amides is 1. The molecule has 94 valence electrons. The van der Waals surface area contributed by atoms with Crippen LogP contribution in [0.5, 0.6) is 0 Å². The van der Waals surface area contributed by atoms with Gasteiger partial charge in [-0.25, -0.2) is 0 Å². The van der Waals surface area contributed by atoms with Crippen LogP contribution in [-0.2, 0) is 0 Å². The summed E-state index contributed by atoms with van der Waals surface area (Å²) in [6, 6.07) is 5.37. The number of carbonyl (C=O) groups is 1. The standard InChI is InChI=1S/C14H22N2O/c1-5-14(4,6-2)16-13(17)11-7-8-12(15)10(3)9-11/h7-9H,5-6,15H2,1-4H3,(H,16,17). The van der Waals surface area contributed by atoms with Crippen molar-refractivity contribution < 1.29 is 4.79 Å². The maximum Gasteiger partial charge on any atom is 0.251 e. The molecule has 0 atom stereocenters. The zero-order valence-electron chi connectivity index (χ0n) is 11.1. The number of nitrogens with two attached hydrogens (primary N) is 1. The third-order valence-corrected chi connectivity index (χ3v) is 3.51. The maximum absolute atomic E-state index is 12.1. The van der Waals surface area contributed by atoms with E-state index in [0.717, 1.165) is 24.1 Å². The van der Waals surface area contributed by atoms with Gasteiger partial charge in [-0.2, -0.15) is 0 Å². The summed E-state index contributed by atoms with van der Waals surface area (Å²) in [7, 11) is 0. The number of hydrogen-bond acceptors (Lipinski definition) is 2. The summed E-state index contributed by atoms with van der Waals surface area (Å²) in [5, 5.41) is 3.08. The number of aryl methyl sites for hydroxylation is 1. The molecule has 0 radical (unpaired) electrons. The fourth-order valence-corrected chi connectivity index (χ4v) is 1.59. The first-order valence-electron chi connectivity index (χ1n) is 6.10. The molecule has 0 aliphatic heterocycles. The van der Waals surface area contributed by atoms with E-state index in [2.05, 4.69) is 26.1 Å². The Morgan fingerprint density at radius 1 is 1.35 bits per heavy atom. The Hall–Kier alpha value is -1.51. The molecule has 1 amide bonds. The molecule has 0 saturated carbocycles. The Kier molecular flexibility index (Phi) is 4.16. The van der Waals surface area contributed by atoms with Gasteiger partial charge in [0.2, 0.25) is 0 Å². The van der Waals surface area contributed by atoms with E-state index in [9.17, 15) is 4.79 Å². The second-order valence-corrected chi connectivity index (χ2v) is 4.79. The summed E-state index contributed by atoms with van der Waals surface area (Å²) in [4.78, 5) is 12.1. The van der Waals surface area contributed by atoms with E-state index in [1.54, 1.807) is 12.1 Å². The minimum absolute atomic E-state index is 0.0284. The van der Waals surface area contributed by atoms with E-state index < -0.39 is 0 Å². The predicted molar refractivity (Wildman–Crippen MR) is 72.0 cm³/mol. The summed E-state index contributed by atoms with van der Waals surface area (Å²) in [5.74, 6) is -0.0284. The average molecular weight is 234 g/mol. The molecule has 3 nitrogen and oxygen atoms in total. The smallest absolute Gasteiger partial charge is 0.251 e. The van der Waals surface area contributed by atoms with Crippen molar-refractivity contribution in [3.63, 3.8) is 0 Å². The van der Waals surface area contributed by atoms with Crippen LogP contribution in [0.15, 0.2) is 18.2 Å². The second-order valence-electron chi connectivity index (χ2n) is 4.79. The molecule has 0 spiro atoms.